The van der Waals surface area contributed by atoms with Crippen molar-refractivity contribution in [3.63, 3.8) is 0 Å². The van der Waals surface area contributed by atoms with Crippen LogP contribution >= 0.6 is 0 Å². The Balaban J connectivity index is 1.62. The lowest BCUT2D eigenvalue weighted by Crippen LogP contribution is -2.18. The van der Waals surface area contributed by atoms with Gasteiger partial charge in [-0.05, 0) is 24.6 Å². The van der Waals surface area contributed by atoms with Crippen LogP contribution in [0.3, 0.4) is 0 Å². The van der Waals surface area contributed by atoms with Gasteiger partial charge in [-0.2, -0.15) is 5.10 Å². The molecule has 10 nitrogen and oxygen atoms in total. The molecule has 5 N–H and O–H groups in total. The Morgan fingerprint density at radius 3 is 2.67 bits per heavy atom. The number of amides is 1. The van der Waals surface area contributed by atoms with E-state index in [0.29, 0.717) is 23.6 Å². The Morgan fingerprint density at radius 2 is 1.93 bits per heavy atom. The number of benzene rings is 1. The van der Waals surface area contributed by atoms with Crippen LogP contribution in [0, 0.1) is 0 Å². The van der Waals surface area contributed by atoms with Crippen LogP contribution in [-0.2, 0) is 6.42 Å². The Kier molecular flexibility index (Phi) is 5.39. The Hall–Kier alpha value is -4.18. The van der Waals surface area contributed by atoms with E-state index in [2.05, 4.69) is 30.4 Å². The number of pyridine rings is 1. The molecular weight excluding hydrogens is 382 g/mol. The third kappa shape index (κ3) is 3.98. The van der Waals surface area contributed by atoms with E-state index in [0.717, 1.165) is 17.5 Å². The van der Waals surface area contributed by atoms with Crippen LogP contribution < -0.4 is 16.8 Å². The van der Waals surface area contributed by atoms with Crippen molar-refractivity contribution >= 4 is 17.4 Å². The second-order valence-corrected chi connectivity index (χ2v) is 6.41. The van der Waals surface area contributed by atoms with Gasteiger partial charge < -0.3 is 16.8 Å². The number of carbonyl (C=O) groups excluding carboxylic acids is 1. The van der Waals surface area contributed by atoms with Gasteiger partial charge in [-0.15, -0.1) is 0 Å². The van der Waals surface area contributed by atoms with Crippen LogP contribution in [0.4, 0.5) is 11.5 Å². The van der Waals surface area contributed by atoms with Crippen LogP contribution in [0.1, 0.15) is 16.1 Å². The molecule has 0 bridgehead atoms. The highest BCUT2D eigenvalue weighted by Gasteiger charge is 2.17. The third-order valence-corrected chi connectivity index (χ3v) is 4.41. The number of nitrogens with zero attached hydrogens (tertiary/aromatic N) is 6. The Morgan fingerprint density at radius 1 is 1.10 bits per heavy atom. The molecule has 0 unspecified atom stereocenters. The van der Waals surface area contributed by atoms with Crippen molar-refractivity contribution in [3.05, 3.63) is 72.8 Å². The summed E-state index contributed by atoms with van der Waals surface area (Å²) in [5.74, 6) is -0.474. The summed E-state index contributed by atoms with van der Waals surface area (Å²) in [6.07, 6.45) is 8.36. The molecule has 0 atom stereocenters. The minimum atomic E-state index is -0.504. The van der Waals surface area contributed by atoms with Crippen molar-refractivity contribution in [2.45, 2.75) is 6.42 Å². The van der Waals surface area contributed by atoms with Gasteiger partial charge in [0, 0.05) is 11.8 Å². The fourth-order valence-electron chi connectivity index (χ4n) is 2.91. The summed E-state index contributed by atoms with van der Waals surface area (Å²) in [5, 5.41) is 6.86. The maximum Gasteiger partial charge on any atom is 0.278 e. The lowest BCUT2D eigenvalue weighted by atomic mass is 10.1. The van der Waals surface area contributed by atoms with Gasteiger partial charge in [-0.1, -0.05) is 24.3 Å². The van der Waals surface area contributed by atoms with Gasteiger partial charge >= 0.3 is 0 Å². The normalized spacial score (nSPS) is 10.7. The van der Waals surface area contributed by atoms with E-state index < -0.39 is 5.91 Å². The molecule has 30 heavy (non-hydrogen) atoms. The Labute approximate surface area is 172 Å². The van der Waals surface area contributed by atoms with Gasteiger partial charge in [0.25, 0.3) is 5.91 Å². The zero-order valence-corrected chi connectivity index (χ0v) is 15.9. The summed E-state index contributed by atoms with van der Waals surface area (Å²) in [4.78, 5) is 29.5. The summed E-state index contributed by atoms with van der Waals surface area (Å²) in [6.45, 7) is 0.580. The molecular formula is C20H19N9O. The molecule has 0 aliphatic heterocycles. The first-order chi connectivity index (χ1) is 14.7. The highest BCUT2D eigenvalue weighted by molar-refractivity contribution is 6.06. The fourth-order valence-corrected chi connectivity index (χ4v) is 2.91. The first-order valence-corrected chi connectivity index (χ1v) is 9.18. The SMILES string of the molecule is NCCc1ccc(-c2cnc(N)c(C(=O)Nc3cnccc3-n3cncn3)n2)cc1. The van der Waals surface area contributed by atoms with Crippen LogP contribution in [-0.4, -0.2) is 42.2 Å². The number of rotatable bonds is 6. The number of aromatic nitrogens is 6. The van der Waals surface area contributed by atoms with E-state index in [1.165, 1.54) is 29.7 Å². The molecule has 10 heteroatoms. The summed E-state index contributed by atoms with van der Waals surface area (Å²) in [7, 11) is 0. The predicted octanol–water partition coefficient (Wildman–Crippen LogP) is 1.45. The highest BCUT2D eigenvalue weighted by atomic mass is 16.1. The lowest BCUT2D eigenvalue weighted by Gasteiger charge is -2.11. The third-order valence-electron chi connectivity index (χ3n) is 4.41. The van der Waals surface area contributed by atoms with E-state index >= 15 is 0 Å². The predicted molar refractivity (Wildman–Crippen MR) is 112 cm³/mol. The first-order valence-electron chi connectivity index (χ1n) is 9.18. The van der Waals surface area contributed by atoms with Gasteiger partial charge in [0.1, 0.15) is 12.7 Å². The Bertz CT molecular complexity index is 1160. The van der Waals surface area contributed by atoms with Crippen molar-refractivity contribution in [2.75, 3.05) is 17.6 Å². The van der Waals surface area contributed by atoms with E-state index in [1.54, 1.807) is 12.3 Å². The van der Waals surface area contributed by atoms with E-state index in [9.17, 15) is 4.79 Å². The highest BCUT2D eigenvalue weighted by Crippen LogP contribution is 2.22. The van der Waals surface area contributed by atoms with E-state index in [-0.39, 0.29) is 11.5 Å². The lowest BCUT2D eigenvalue weighted by molar-refractivity contribution is 0.102. The number of nitrogen functional groups attached to an aromatic ring is 1. The van der Waals surface area contributed by atoms with Gasteiger partial charge in [0.05, 0.1) is 29.5 Å². The molecule has 0 spiro atoms. The van der Waals surface area contributed by atoms with Crippen molar-refractivity contribution < 1.29 is 4.79 Å². The molecule has 1 aromatic carbocycles. The zero-order chi connectivity index (χ0) is 20.9. The van der Waals surface area contributed by atoms with Crippen LogP contribution in [0.15, 0.2) is 61.6 Å². The zero-order valence-electron chi connectivity index (χ0n) is 15.9. The maximum absolute atomic E-state index is 12.9. The molecule has 0 aliphatic carbocycles. The average Bonchev–Trinajstić information content (AvgIpc) is 3.30. The van der Waals surface area contributed by atoms with Gasteiger partial charge in [0.15, 0.2) is 11.5 Å². The molecule has 0 saturated heterocycles. The molecule has 0 saturated carbocycles. The molecule has 150 valence electrons. The largest absolute Gasteiger partial charge is 0.382 e. The van der Waals surface area contributed by atoms with Crippen molar-refractivity contribution in [2.24, 2.45) is 5.73 Å². The molecule has 3 aromatic heterocycles. The second-order valence-electron chi connectivity index (χ2n) is 6.41. The van der Waals surface area contributed by atoms with Crippen molar-refractivity contribution in [3.8, 4) is 16.9 Å². The van der Waals surface area contributed by atoms with Gasteiger partial charge in [0.2, 0.25) is 0 Å². The summed E-state index contributed by atoms with van der Waals surface area (Å²) in [6, 6.07) is 9.48. The topological polar surface area (TPSA) is 151 Å². The minimum absolute atomic E-state index is 0.0203. The molecule has 4 aromatic rings. The van der Waals surface area contributed by atoms with E-state index in [4.69, 9.17) is 11.5 Å². The quantitative estimate of drug-likeness (QED) is 0.439. The number of nitrogens with two attached hydrogens (primary N) is 2. The fraction of sp³-hybridized carbons (Fsp3) is 0.100. The first kappa shape index (κ1) is 19.2. The number of anilines is 2. The van der Waals surface area contributed by atoms with Gasteiger partial charge in [-0.25, -0.2) is 19.6 Å². The molecule has 0 aliphatic rings. The molecule has 3 heterocycles. The number of hydrogen-bond acceptors (Lipinski definition) is 8. The summed E-state index contributed by atoms with van der Waals surface area (Å²) >= 11 is 0. The van der Waals surface area contributed by atoms with Crippen LogP contribution in [0.5, 0.6) is 0 Å². The summed E-state index contributed by atoms with van der Waals surface area (Å²) in [5.41, 5.74) is 15.1. The van der Waals surface area contributed by atoms with Gasteiger partial charge in [-0.3, -0.25) is 9.78 Å². The smallest absolute Gasteiger partial charge is 0.278 e. The molecule has 4 rings (SSSR count). The number of nitrogens with one attached hydrogen (secondary N) is 1. The van der Waals surface area contributed by atoms with Crippen molar-refractivity contribution in [1.82, 2.24) is 29.7 Å². The minimum Gasteiger partial charge on any atom is -0.382 e. The van der Waals surface area contributed by atoms with Crippen molar-refractivity contribution in [1.29, 1.82) is 0 Å². The average molecular weight is 401 g/mol. The molecule has 0 radical (unpaired) electrons. The molecule has 0 fully saturated rings. The number of hydrogen-bond donors (Lipinski definition) is 3. The molecule has 1 amide bonds. The van der Waals surface area contributed by atoms with Crippen LogP contribution in [0.2, 0.25) is 0 Å². The van der Waals surface area contributed by atoms with E-state index in [1.807, 2.05) is 24.3 Å². The maximum atomic E-state index is 12.9. The standard InChI is InChI=1S/C20H19N9O/c21-7-5-13-1-3-14(4-2-13)15-10-25-19(22)18(27-15)20(30)28-16-9-23-8-6-17(16)29-12-24-11-26-29/h1-4,6,8-12H,5,7,21H2,(H2,22,25)(H,28,30). The summed E-state index contributed by atoms with van der Waals surface area (Å²) < 4.78 is 1.52. The number of carbonyl (C=O) groups is 1. The van der Waals surface area contributed by atoms with Crippen LogP contribution in [0.25, 0.3) is 16.9 Å². The second kappa shape index (κ2) is 8.45. The monoisotopic (exact) mass is 401 g/mol.